The Bertz CT molecular complexity index is 875. The molecule has 128 valence electrons. The summed E-state index contributed by atoms with van der Waals surface area (Å²) in [4.78, 5) is 0. The Morgan fingerprint density at radius 1 is 1.12 bits per heavy atom. The average Bonchev–Trinajstić information content (AvgIpc) is 3.01. The molecule has 2 N–H and O–H groups in total. The quantitative estimate of drug-likeness (QED) is 0.678. The maximum Gasteiger partial charge on any atom is 0.175 e. The van der Waals surface area contributed by atoms with Crippen molar-refractivity contribution < 1.29 is 4.74 Å². The van der Waals surface area contributed by atoms with Gasteiger partial charge in [-0.25, -0.2) is 0 Å². The van der Waals surface area contributed by atoms with Crippen LogP contribution in [0.1, 0.15) is 11.1 Å². The largest absolute Gasteiger partial charge is 0.497 e. The molecule has 3 rings (SSSR count). The minimum atomic E-state index is 0.534. The van der Waals surface area contributed by atoms with Crippen LogP contribution in [0.2, 0.25) is 0 Å². The number of thiocarbonyl (C=S) groups is 1. The number of aromatic nitrogens is 2. The highest BCUT2D eigenvalue weighted by atomic mass is 32.1. The number of rotatable bonds is 5. The summed E-state index contributed by atoms with van der Waals surface area (Å²) in [6.07, 6.45) is 3.67. The second-order valence-electron chi connectivity index (χ2n) is 5.73. The van der Waals surface area contributed by atoms with Crippen molar-refractivity contribution in [2.45, 2.75) is 13.5 Å². The van der Waals surface area contributed by atoms with E-state index in [0.717, 1.165) is 22.7 Å². The molecule has 0 radical (unpaired) electrons. The lowest BCUT2D eigenvalue weighted by molar-refractivity contribution is 0.414. The van der Waals surface area contributed by atoms with E-state index in [1.807, 2.05) is 66.3 Å². The van der Waals surface area contributed by atoms with Crippen LogP contribution in [0.5, 0.6) is 5.75 Å². The van der Waals surface area contributed by atoms with Crippen molar-refractivity contribution in [3.63, 3.8) is 0 Å². The zero-order chi connectivity index (χ0) is 17.6. The van der Waals surface area contributed by atoms with Crippen LogP contribution in [0, 0.1) is 6.92 Å². The van der Waals surface area contributed by atoms with Crippen LogP contribution >= 0.6 is 12.2 Å². The number of ether oxygens (including phenoxy) is 1. The van der Waals surface area contributed by atoms with E-state index in [0.29, 0.717) is 11.7 Å². The molecule has 0 aliphatic rings. The first-order valence-electron chi connectivity index (χ1n) is 7.92. The summed E-state index contributed by atoms with van der Waals surface area (Å²) in [7, 11) is 1.66. The molecular formula is C19H20N4OS. The van der Waals surface area contributed by atoms with Gasteiger partial charge in [0.15, 0.2) is 5.11 Å². The SMILES string of the molecule is COc1cccc(Cn2cc(NC(=S)Nc3cccc(C)c3)cn2)c1. The Balaban J connectivity index is 1.60. The monoisotopic (exact) mass is 352 g/mol. The van der Waals surface area contributed by atoms with Crippen molar-refractivity contribution in [3.8, 4) is 5.75 Å². The van der Waals surface area contributed by atoms with Crippen molar-refractivity contribution in [2.24, 2.45) is 0 Å². The van der Waals surface area contributed by atoms with Crippen LogP contribution < -0.4 is 15.4 Å². The molecule has 0 fully saturated rings. The molecule has 5 nitrogen and oxygen atoms in total. The Labute approximate surface area is 152 Å². The molecule has 0 saturated carbocycles. The van der Waals surface area contributed by atoms with Crippen molar-refractivity contribution in [2.75, 3.05) is 17.7 Å². The second-order valence-corrected chi connectivity index (χ2v) is 6.13. The predicted molar refractivity (Wildman–Crippen MR) is 105 cm³/mol. The molecule has 0 spiro atoms. The molecular weight excluding hydrogens is 332 g/mol. The van der Waals surface area contributed by atoms with Crippen LogP contribution in [0.15, 0.2) is 60.9 Å². The summed E-state index contributed by atoms with van der Waals surface area (Å²) in [5, 5.41) is 11.2. The molecule has 0 aliphatic carbocycles. The Morgan fingerprint density at radius 2 is 1.92 bits per heavy atom. The molecule has 0 amide bonds. The summed E-state index contributed by atoms with van der Waals surface area (Å²) in [5.41, 5.74) is 4.10. The van der Waals surface area contributed by atoms with Gasteiger partial charge in [0.05, 0.1) is 25.5 Å². The molecule has 1 heterocycles. The maximum atomic E-state index is 5.36. The lowest BCUT2D eigenvalue weighted by Crippen LogP contribution is -2.18. The molecule has 0 bridgehead atoms. The van der Waals surface area contributed by atoms with Crippen LogP contribution in [-0.4, -0.2) is 22.0 Å². The molecule has 0 aliphatic heterocycles. The van der Waals surface area contributed by atoms with Gasteiger partial charge in [-0.1, -0.05) is 24.3 Å². The zero-order valence-electron chi connectivity index (χ0n) is 14.2. The second kappa shape index (κ2) is 7.81. The van der Waals surface area contributed by atoms with E-state index in [4.69, 9.17) is 17.0 Å². The third kappa shape index (κ3) is 4.81. The highest BCUT2D eigenvalue weighted by Gasteiger charge is 2.04. The average molecular weight is 352 g/mol. The number of anilines is 2. The fourth-order valence-electron chi connectivity index (χ4n) is 2.49. The first-order valence-corrected chi connectivity index (χ1v) is 8.33. The number of hydrogen-bond acceptors (Lipinski definition) is 3. The third-order valence-corrected chi connectivity index (χ3v) is 3.85. The van der Waals surface area contributed by atoms with Gasteiger partial charge in [-0.2, -0.15) is 5.10 Å². The standard InChI is InChI=1S/C19H20N4OS/c1-14-5-3-7-16(9-14)21-19(25)22-17-11-20-23(13-17)12-15-6-4-8-18(10-15)24-2/h3-11,13H,12H2,1-2H3,(H2,21,22,25). The van der Waals surface area contributed by atoms with Gasteiger partial charge in [0.2, 0.25) is 0 Å². The Kier molecular flexibility index (Phi) is 5.30. The topological polar surface area (TPSA) is 51.1 Å². The van der Waals surface area contributed by atoms with Gasteiger partial charge in [-0.15, -0.1) is 0 Å². The lowest BCUT2D eigenvalue weighted by atomic mass is 10.2. The van der Waals surface area contributed by atoms with E-state index in [9.17, 15) is 0 Å². The first kappa shape index (κ1) is 17.0. The summed E-state index contributed by atoms with van der Waals surface area (Å²) in [6, 6.07) is 16.0. The Hall–Kier alpha value is -2.86. The van der Waals surface area contributed by atoms with Gasteiger partial charge in [-0.05, 0) is 54.5 Å². The van der Waals surface area contributed by atoms with Crippen molar-refractivity contribution in [1.29, 1.82) is 0 Å². The molecule has 1 aromatic heterocycles. The number of benzene rings is 2. The van der Waals surface area contributed by atoms with Crippen LogP contribution in [0.3, 0.4) is 0 Å². The Morgan fingerprint density at radius 3 is 2.72 bits per heavy atom. The first-order chi connectivity index (χ1) is 12.1. The molecule has 2 aromatic carbocycles. The van der Waals surface area contributed by atoms with Gasteiger partial charge in [-0.3, -0.25) is 4.68 Å². The summed E-state index contributed by atoms with van der Waals surface area (Å²) in [6.45, 7) is 2.71. The summed E-state index contributed by atoms with van der Waals surface area (Å²) >= 11 is 5.36. The van der Waals surface area contributed by atoms with Crippen LogP contribution in [0.4, 0.5) is 11.4 Å². The van der Waals surface area contributed by atoms with Crippen LogP contribution in [-0.2, 0) is 6.54 Å². The number of nitrogens with zero attached hydrogens (tertiary/aromatic N) is 2. The summed E-state index contributed by atoms with van der Waals surface area (Å²) in [5.74, 6) is 0.839. The number of hydrogen-bond donors (Lipinski definition) is 2. The van der Waals surface area contributed by atoms with Crippen molar-refractivity contribution in [1.82, 2.24) is 9.78 Å². The van der Waals surface area contributed by atoms with E-state index in [1.165, 1.54) is 5.56 Å². The number of methoxy groups -OCH3 is 1. The molecule has 0 saturated heterocycles. The highest BCUT2D eigenvalue weighted by molar-refractivity contribution is 7.80. The fourth-order valence-corrected chi connectivity index (χ4v) is 2.72. The van der Waals surface area contributed by atoms with E-state index >= 15 is 0 Å². The smallest absolute Gasteiger partial charge is 0.175 e. The maximum absolute atomic E-state index is 5.36. The number of aryl methyl sites for hydroxylation is 1. The minimum Gasteiger partial charge on any atom is -0.497 e. The lowest BCUT2D eigenvalue weighted by Gasteiger charge is -2.09. The van der Waals surface area contributed by atoms with E-state index in [2.05, 4.69) is 15.7 Å². The van der Waals surface area contributed by atoms with Gasteiger partial charge in [0.25, 0.3) is 0 Å². The van der Waals surface area contributed by atoms with Gasteiger partial charge in [0, 0.05) is 11.9 Å². The van der Waals surface area contributed by atoms with Crippen molar-refractivity contribution in [3.05, 3.63) is 72.1 Å². The molecule has 25 heavy (non-hydrogen) atoms. The normalized spacial score (nSPS) is 10.3. The minimum absolute atomic E-state index is 0.534. The molecule has 3 aromatic rings. The summed E-state index contributed by atoms with van der Waals surface area (Å²) < 4.78 is 7.10. The van der Waals surface area contributed by atoms with E-state index < -0.39 is 0 Å². The van der Waals surface area contributed by atoms with Crippen LogP contribution in [0.25, 0.3) is 0 Å². The highest BCUT2D eigenvalue weighted by Crippen LogP contribution is 2.15. The number of nitrogens with one attached hydrogen (secondary N) is 2. The molecule has 0 unspecified atom stereocenters. The van der Waals surface area contributed by atoms with E-state index in [-0.39, 0.29) is 0 Å². The van der Waals surface area contributed by atoms with Crippen molar-refractivity contribution >= 4 is 28.7 Å². The fraction of sp³-hybridized carbons (Fsp3) is 0.158. The predicted octanol–water partition coefficient (Wildman–Crippen LogP) is 4.06. The zero-order valence-corrected chi connectivity index (χ0v) is 15.0. The van der Waals surface area contributed by atoms with E-state index in [1.54, 1.807) is 13.3 Å². The van der Waals surface area contributed by atoms with Gasteiger partial charge in [0.1, 0.15) is 5.75 Å². The third-order valence-electron chi connectivity index (χ3n) is 3.65. The molecule has 6 heteroatoms. The molecule has 0 atom stereocenters. The van der Waals surface area contributed by atoms with Gasteiger partial charge >= 0.3 is 0 Å². The van der Waals surface area contributed by atoms with Gasteiger partial charge < -0.3 is 15.4 Å².